The third kappa shape index (κ3) is 7.03. The van der Waals surface area contributed by atoms with Crippen molar-refractivity contribution < 1.29 is 9.53 Å². The quantitative estimate of drug-likeness (QED) is 0.121. The number of anilines is 6. The minimum absolute atomic E-state index is 0.635. The maximum atomic E-state index is 11.7. The summed E-state index contributed by atoms with van der Waals surface area (Å²) in [7, 11) is 1.70. The van der Waals surface area contributed by atoms with E-state index >= 15 is 0 Å². The number of aromatic nitrogens is 2. The molecule has 2 aromatic heterocycles. The van der Waals surface area contributed by atoms with Crippen molar-refractivity contribution in [3.8, 4) is 28.3 Å². The fraction of sp³-hybridized carbons (Fsp3) is 0.0161. The van der Waals surface area contributed by atoms with Crippen LogP contribution in [-0.4, -0.2) is 22.5 Å². The third-order valence-electron chi connectivity index (χ3n) is 13.1. The van der Waals surface area contributed by atoms with Gasteiger partial charge in [-0.2, -0.15) is 0 Å². The van der Waals surface area contributed by atoms with Gasteiger partial charge in [-0.3, -0.25) is 4.79 Å². The molecule has 6 heteroatoms. The largest absolute Gasteiger partial charge is 0.497 e. The summed E-state index contributed by atoms with van der Waals surface area (Å²) in [6.45, 7) is 0. The van der Waals surface area contributed by atoms with E-state index in [4.69, 9.17) is 4.74 Å². The first-order valence-corrected chi connectivity index (χ1v) is 22.8. The second kappa shape index (κ2) is 17.0. The molecule has 12 rings (SSSR count). The smallest absolute Gasteiger partial charge is 0.150 e. The highest BCUT2D eigenvalue weighted by molar-refractivity contribution is 6.12. The number of fused-ring (bicyclic) bond motifs is 6. The molecule has 2 heterocycles. The Hall–Kier alpha value is -9.13. The second-order valence-electron chi connectivity index (χ2n) is 17.0. The van der Waals surface area contributed by atoms with Crippen LogP contribution in [0.3, 0.4) is 0 Å². The number of hydrogen-bond donors (Lipinski definition) is 0. The zero-order valence-electron chi connectivity index (χ0n) is 37.3. The zero-order valence-corrected chi connectivity index (χ0v) is 37.3. The SMILES string of the molecule is COc1ccc(N(c2ccc(-c3ccc(N(c4ccc(C=O)cc4)c4ccc5c(c4)c4ccccc4n5-c4ccccc4)cc3)cc2)c2ccc3c(c2)c2ccccc2n3-c2ccccc2)cc1. The normalized spacial score (nSPS) is 11.4. The van der Waals surface area contributed by atoms with Crippen LogP contribution in [0.2, 0.25) is 0 Å². The lowest BCUT2D eigenvalue weighted by Gasteiger charge is -2.26. The lowest BCUT2D eigenvalue weighted by molar-refractivity contribution is 0.112. The average molecular weight is 877 g/mol. The summed E-state index contributed by atoms with van der Waals surface area (Å²) in [5.74, 6) is 0.807. The van der Waals surface area contributed by atoms with Crippen LogP contribution in [0.25, 0.3) is 66.1 Å². The number of ether oxygens (including phenoxy) is 1. The van der Waals surface area contributed by atoms with Gasteiger partial charge in [0.25, 0.3) is 0 Å². The standard InChI is InChI=1S/C62H44N4O2/c1-68-54-36-32-51(33-37-54)64(53-35-39-62-58(41-53)56-17-9-11-19-60(56)66(62)47-14-6-3-7-15-47)50-30-24-45(25-31-50)44-22-28-49(29-23-44)63(48-26-20-43(42-67)21-27-48)52-34-38-61-57(40-52)55-16-8-10-18-59(55)65(61)46-12-4-2-5-13-46/h2-42H,1H3. The molecule has 0 unspecified atom stereocenters. The topological polar surface area (TPSA) is 42.6 Å². The number of carbonyl (C=O) groups is 1. The first-order valence-electron chi connectivity index (χ1n) is 22.8. The Morgan fingerprint density at radius 1 is 0.353 bits per heavy atom. The number of methoxy groups -OCH3 is 1. The van der Waals surface area contributed by atoms with Gasteiger partial charge in [-0.1, -0.05) is 97.1 Å². The van der Waals surface area contributed by atoms with Crippen molar-refractivity contribution in [2.75, 3.05) is 16.9 Å². The van der Waals surface area contributed by atoms with Crippen molar-refractivity contribution >= 4 is 84.0 Å². The number of para-hydroxylation sites is 4. The highest BCUT2D eigenvalue weighted by Gasteiger charge is 2.20. The fourth-order valence-electron chi connectivity index (χ4n) is 9.84. The zero-order chi connectivity index (χ0) is 45.6. The predicted molar refractivity (Wildman–Crippen MR) is 282 cm³/mol. The highest BCUT2D eigenvalue weighted by Crippen LogP contribution is 2.43. The van der Waals surface area contributed by atoms with E-state index in [1.165, 1.54) is 21.7 Å². The van der Waals surface area contributed by atoms with Gasteiger partial charge in [0.2, 0.25) is 0 Å². The molecule has 10 aromatic carbocycles. The Morgan fingerprint density at radius 2 is 0.706 bits per heavy atom. The molecular weight excluding hydrogens is 833 g/mol. The van der Waals surface area contributed by atoms with E-state index in [-0.39, 0.29) is 0 Å². The molecule has 0 fully saturated rings. The van der Waals surface area contributed by atoms with Crippen LogP contribution in [0, 0.1) is 0 Å². The molecule has 12 aromatic rings. The van der Waals surface area contributed by atoms with Gasteiger partial charge in [0.05, 0.1) is 29.2 Å². The lowest BCUT2D eigenvalue weighted by Crippen LogP contribution is -2.10. The van der Waals surface area contributed by atoms with Gasteiger partial charge in [-0.05, 0) is 157 Å². The highest BCUT2D eigenvalue weighted by atomic mass is 16.5. The number of nitrogens with zero attached hydrogens (tertiary/aromatic N) is 4. The molecule has 68 heavy (non-hydrogen) atoms. The molecule has 0 saturated heterocycles. The molecule has 0 atom stereocenters. The first-order chi connectivity index (χ1) is 33.6. The summed E-state index contributed by atoms with van der Waals surface area (Å²) < 4.78 is 10.2. The van der Waals surface area contributed by atoms with E-state index in [2.05, 4.69) is 225 Å². The van der Waals surface area contributed by atoms with Gasteiger partial charge in [0.15, 0.2) is 0 Å². The number of benzene rings is 10. The molecule has 0 spiro atoms. The molecule has 0 amide bonds. The van der Waals surface area contributed by atoms with E-state index in [0.717, 1.165) is 90.6 Å². The van der Waals surface area contributed by atoms with E-state index in [1.54, 1.807) is 7.11 Å². The number of hydrogen-bond acceptors (Lipinski definition) is 4. The van der Waals surface area contributed by atoms with Crippen molar-refractivity contribution in [1.29, 1.82) is 0 Å². The van der Waals surface area contributed by atoms with Crippen LogP contribution in [0.15, 0.2) is 243 Å². The summed E-state index contributed by atoms with van der Waals surface area (Å²) in [5.41, 5.74) is 15.8. The van der Waals surface area contributed by atoms with Crippen LogP contribution >= 0.6 is 0 Å². The summed E-state index contributed by atoms with van der Waals surface area (Å²) in [6.07, 6.45) is 0.888. The van der Waals surface area contributed by atoms with Gasteiger partial charge in [0, 0.05) is 72.6 Å². The molecule has 0 bridgehead atoms. The molecule has 0 N–H and O–H groups in total. The van der Waals surface area contributed by atoms with Gasteiger partial charge < -0.3 is 23.7 Å². The van der Waals surface area contributed by atoms with Crippen molar-refractivity contribution in [3.63, 3.8) is 0 Å². The molecule has 324 valence electrons. The Labute approximate surface area is 394 Å². The number of rotatable bonds is 11. The Morgan fingerprint density at radius 3 is 1.12 bits per heavy atom. The van der Waals surface area contributed by atoms with Crippen molar-refractivity contribution in [3.05, 3.63) is 248 Å². The molecule has 0 saturated carbocycles. The van der Waals surface area contributed by atoms with Crippen molar-refractivity contribution in [2.45, 2.75) is 0 Å². The predicted octanol–water partition coefficient (Wildman–Crippen LogP) is 16.3. The average Bonchev–Trinajstić information content (AvgIpc) is 3.92. The molecule has 0 radical (unpaired) electrons. The van der Waals surface area contributed by atoms with Gasteiger partial charge in [-0.25, -0.2) is 0 Å². The second-order valence-corrected chi connectivity index (χ2v) is 17.0. The van der Waals surface area contributed by atoms with Crippen LogP contribution in [0.1, 0.15) is 10.4 Å². The summed E-state index contributed by atoms with van der Waals surface area (Å²) >= 11 is 0. The lowest BCUT2D eigenvalue weighted by atomic mass is 10.0. The van der Waals surface area contributed by atoms with Crippen LogP contribution in [0.5, 0.6) is 5.75 Å². The van der Waals surface area contributed by atoms with E-state index < -0.39 is 0 Å². The van der Waals surface area contributed by atoms with Gasteiger partial charge in [-0.15, -0.1) is 0 Å². The molecular formula is C62H44N4O2. The Balaban J connectivity index is 0.916. The Kier molecular flexibility index (Phi) is 10.1. The van der Waals surface area contributed by atoms with E-state index in [0.29, 0.717) is 5.56 Å². The van der Waals surface area contributed by atoms with Crippen LogP contribution in [-0.2, 0) is 0 Å². The van der Waals surface area contributed by atoms with Gasteiger partial charge in [0.1, 0.15) is 12.0 Å². The van der Waals surface area contributed by atoms with E-state index in [1.807, 2.05) is 36.4 Å². The molecule has 0 aliphatic carbocycles. The van der Waals surface area contributed by atoms with Crippen molar-refractivity contribution in [1.82, 2.24) is 9.13 Å². The van der Waals surface area contributed by atoms with E-state index in [9.17, 15) is 4.79 Å². The maximum absolute atomic E-state index is 11.7. The maximum Gasteiger partial charge on any atom is 0.150 e. The van der Waals surface area contributed by atoms with Crippen molar-refractivity contribution in [2.24, 2.45) is 0 Å². The first kappa shape index (κ1) is 40.4. The third-order valence-corrected chi connectivity index (χ3v) is 13.1. The number of aldehydes is 1. The fourth-order valence-corrected chi connectivity index (χ4v) is 9.84. The molecule has 0 aliphatic heterocycles. The monoisotopic (exact) mass is 876 g/mol. The number of carbonyl (C=O) groups excluding carboxylic acids is 1. The summed E-state index contributed by atoms with van der Waals surface area (Å²) in [5, 5.41) is 4.74. The van der Waals surface area contributed by atoms with Gasteiger partial charge >= 0.3 is 0 Å². The minimum Gasteiger partial charge on any atom is -0.497 e. The Bertz CT molecular complexity index is 3770. The van der Waals surface area contributed by atoms with Crippen LogP contribution < -0.4 is 14.5 Å². The molecule has 0 aliphatic rings. The van der Waals surface area contributed by atoms with Crippen LogP contribution in [0.4, 0.5) is 34.1 Å². The minimum atomic E-state index is 0.635. The molecule has 6 nitrogen and oxygen atoms in total. The summed E-state index contributed by atoms with van der Waals surface area (Å²) in [4.78, 5) is 16.3. The summed E-state index contributed by atoms with van der Waals surface area (Å²) in [6, 6.07) is 85.3.